The highest BCUT2D eigenvalue weighted by atomic mass is 32.2. The van der Waals surface area contributed by atoms with Gasteiger partial charge < -0.3 is 19.5 Å². The molecule has 1 N–H and O–H groups in total. The zero-order chi connectivity index (χ0) is 18.4. The quantitative estimate of drug-likeness (QED) is 0.565. The molecule has 0 aliphatic rings. The predicted octanol–water partition coefficient (Wildman–Crippen LogP) is 4.60. The van der Waals surface area contributed by atoms with Gasteiger partial charge in [-0.25, -0.2) is 0 Å². The highest BCUT2D eigenvalue weighted by Gasteiger charge is 2.10. The molecular formula is C18H19N3O3S2. The number of hydrogen-bond donors (Lipinski definition) is 1. The van der Waals surface area contributed by atoms with Gasteiger partial charge in [0, 0.05) is 11.3 Å². The van der Waals surface area contributed by atoms with E-state index in [1.165, 1.54) is 11.3 Å². The first-order chi connectivity index (χ1) is 12.7. The van der Waals surface area contributed by atoms with Gasteiger partial charge in [-0.3, -0.25) is 0 Å². The zero-order valence-corrected chi connectivity index (χ0v) is 16.3. The second-order valence-corrected chi connectivity index (χ2v) is 7.36. The minimum Gasteiger partial charge on any atom is -0.497 e. The largest absolute Gasteiger partial charge is 0.497 e. The van der Waals surface area contributed by atoms with Gasteiger partial charge in [0.05, 0.1) is 27.0 Å². The van der Waals surface area contributed by atoms with Gasteiger partial charge in [-0.15, -0.1) is 10.2 Å². The van der Waals surface area contributed by atoms with E-state index in [0.29, 0.717) is 5.75 Å². The number of anilines is 2. The normalized spacial score (nSPS) is 10.4. The SMILES string of the molecule is COc1ccc(OC)c(CSc2nnc(Nc3ccccc3OC)s2)c1. The first-order valence-electron chi connectivity index (χ1n) is 7.80. The van der Waals surface area contributed by atoms with Crippen LogP contribution in [0.3, 0.4) is 0 Å². The maximum atomic E-state index is 5.42. The van der Waals surface area contributed by atoms with E-state index in [1.807, 2.05) is 42.5 Å². The summed E-state index contributed by atoms with van der Waals surface area (Å²) in [5, 5.41) is 12.4. The molecule has 2 aromatic carbocycles. The summed E-state index contributed by atoms with van der Waals surface area (Å²) >= 11 is 3.09. The number of nitrogens with zero attached hydrogens (tertiary/aromatic N) is 2. The number of para-hydroxylation sites is 2. The van der Waals surface area contributed by atoms with E-state index in [2.05, 4.69) is 15.5 Å². The maximum Gasteiger partial charge on any atom is 0.210 e. The van der Waals surface area contributed by atoms with Crippen LogP contribution in [0.15, 0.2) is 46.8 Å². The Hall–Kier alpha value is -2.45. The molecule has 3 rings (SSSR count). The molecule has 0 fully saturated rings. The van der Waals surface area contributed by atoms with Gasteiger partial charge in [0.1, 0.15) is 17.2 Å². The molecule has 0 bridgehead atoms. The van der Waals surface area contributed by atoms with Gasteiger partial charge in [-0.2, -0.15) is 0 Å². The van der Waals surface area contributed by atoms with Crippen molar-refractivity contribution in [3.05, 3.63) is 48.0 Å². The lowest BCUT2D eigenvalue weighted by atomic mass is 10.2. The molecule has 0 aliphatic heterocycles. The lowest BCUT2D eigenvalue weighted by molar-refractivity contribution is 0.400. The number of hydrogen-bond acceptors (Lipinski definition) is 8. The van der Waals surface area contributed by atoms with Crippen LogP contribution in [-0.2, 0) is 5.75 Å². The zero-order valence-electron chi connectivity index (χ0n) is 14.7. The van der Waals surface area contributed by atoms with E-state index in [4.69, 9.17) is 14.2 Å². The molecule has 0 atom stereocenters. The fourth-order valence-electron chi connectivity index (χ4n) is 2.32. The van der Waals surface area contributed by atoms with E-state index in [1.54, 1.807) is 33.1 Å². The molecule has 1 heterocycles. The summed E-state index contributed by atoms with van der Waals surface area (Å²) in [6.07, 6.45) is 0. The summed E-state index contributed by atoms with van der Waals surface area (Å²) in [6, 6.07) is 13.5. The van der Waals surface area contributed by atoms with Crippen molar-refractivity contribution in [1.82, 2.24) is 10.2 Å². The highest BCUT2D eigenvalue weighted by Crippen LogP contribution is 2.35. The first kappa shape index (κ1) is 18.3. The van der Waals surface area contributed by atoms with Crippen LogP contribution in [0.4, 0.5) is 10.8 Å². The second kappa shape index (κ2) is 8.77. The third-order valence-corrected chi connectivity index (χ3v) is 5.61. The Morgan fingerprint density at radius 2 is 1.77 bits per heavy atom. The number of ether oxygens (including phenoxy) is 3. The molecule has 0 radical (unpaired) electrons. The van der Waals surface area contributed by atoms with Gasteiger partial charge in [0.2, 0.25) is 5.13 Å². The maximum absolute atomic E-state index is 5.42. The Bertz CT molecular complexity index is 870. The average Bonchev–Trinajstić information content (AvgIpc) is 3.13. The molecule has 0 saturated carbocycles. The molecule has 8 heteroatoms. The Balaban J connectivity index is 1.67. The minimum atomic E-state index is 0.712. The van der Waals surface area contributed by atoms with Crippen LogP contribution >= 0.6 is 23.1 Å². The number of aromatic nitrogens is 2. The summed E-state index contributed by atoms with van der Waals surface area (Å²) in [4.78, 5) is 0. The van der Waals surface area contributed by atoms with E-state index in [0.717, 1.165) is 38.0 Å². The van der Waals surface area contributed by atoms with Crippen molar-refractivity contribution >= 4 is 33.9 Å². The highest BCUT2D eigenvalue weighted by molar-refractivity contribution is 8.00. The lowest BCUT2D eigenvalue weighted by Crippen LogP contribution is -1.93. The Morgan fingerprint density at radius 3 is 2.54 bits per heavy atom. The van der Waals surface area contributed by atoms with Crippen LogP contribution in [0.5, 0.6) is 17.2 Å². The fourth-order valence-corrected chi connectivity index (χ4v) is 4.06. The van der Waals surface area contributed by atoms with Gasteiger partial charge >= 0.3 is 0 Å². The van der Waals surface area contributed by atoms with E-state index in [-0.39, 0.29) is 0 Å². The van der Waals surface area contributed by atoms with Crippen molar-refractivity contribution in [2.45, 2.75) is 10.1 Å². The van der Waals surface area contributed by atoms with Crippen LogP contribution in [0.25, 0.3) is 0 Å². The number of nitrogens with one attached hydrogen (secondary N) is 1. The second-order valence-electron chi connectivity index (χ2n) is 5.16. The molecular weight excluding hydrogens is 370 g/mol. The smallest absolute Gasteiger partial charge is 0.210 e. The summed E-state index contributed by atoms with van der Waals surface area (Å²) in [5.41, 5.74) is 1.91. The van der Waals surface area contributed by atoms with Gasteiger partial charge in [0.25, 0.3) is 0 Å². The van der Waals surface area contributed by atoms with Crippen LogP contribution < -0.4 is 19.5 Å². The summed E-state index contributed by atoms with van der Waals surface area (Å²) in [5.74, 6) is 3.11. The molecule has 0 unspecified atom stereocenters. The number of benzene rings is 2. The molecule has 1 aromatic heterocycles. The third-order valence-electron chi connectivity index (χ3n) is 3.59. The van der Waals surface area contributed by atoms with E-state index in [9.17, 15) is 0 Å². The average molecular weight is 390 g/mol. The van der Waals surface area contributed by atoms with Crippen molar-refractivity contribution in [3.63, 3.8) is 0 Å². The first-order valence-corrected chi connectivity index (χ1v) is 9.61. The van der Waals surface area contributed by atoms with Crippen LogP contribution in [0.2, 0.25) is 0 Å². The molecule has 6 nitrogen and oxygen atoms in total. The molecule has 0 spiro atoms. The topological polar surface area (TPSA) is 65.5 Å². The molecule has 0 amide bonds. The monoisotopic (exact) mass is 389 g/mol. The predicted molar refractivity (Wildman–Crippen MR) is 105 cm³/mol. The summed E-state index contributed by atoms with van der Waals surface area (Å²) in [6.45, 7) is 0. The Kier molecular flexibility index (Phi) is 6.19. The summed E-state index contributed by atoms with van der Waals surface area (Å²) in [7, 11) is 4.96. The van der Waals surface area contributed by atoms with Crippen molar-refractivity contribution in [2.24, 2.45) is 0 Å². The van der Waals surface area contributed by atoms with Gasteiger partial charge in [-0.05, 0) is 30.3 Å². The fraction of sp³-hybridized carbons (Fsp3) is 0.222. The van der Waals surface area contributed by atoms with Gasteiger partial charge in [0.15, 0.2) is 4.34 Å². The summed E-state index contributed by atoms with van der Waals surface area (Å²) < 4.78 is 16.9. The van der Waals surface area contributed by atoms with Crippen molar-refractivity contribution in [3.8, 4) is 17.2 Å². The van der Waals surface area contributed by atoms with Crippen molar-refractivity contribution < 1.29 is 14.2 Å². The van der Waals surface area contributed by atoms with Crippen molar-refractivity contribution in [1.29, 1.82) is 0 Å². The number of methoxy groups -OCH3 is 3. The Labute approximate surface area is 160 Å². The molecule has 3 aromatic rings. The van der Waals surface area contributed by atoms with Crippen LogP contribution in [0.1, 0.15) is 5.56 Å². The van der Waals surface area contributed by atoms with Gasteiger partial charge in [-0.1, -0.05) is 35.2 Å². The molecule has 0 saturated heterocycles. The minimum absolute atomic E-state index is 0.712. The van der Waals surface area contributed by atoms with Crippen molar-refractivity contribution in [2.75, 3.05) is 26.6 Å². The van der Waals surface area contributed by atoms with E-state index < -0.39 is 0 Å². The Morgan fingerprint density at radius 1 is 0.962 bits per heavy atom. The lowest BCUT2D eigenvalue weighted by Gasteiger charge is -2.09. The standard InChI is InChI=1S/C18H19N3O3S2/c1-22-13-8-9-15(23-2)12(10-13)11-25-18-21-20-17(26-18)19-14-6-4-5-7-16(14)24-3/h4-10H,11H2,1-3H3,(H,19,20). The number of thioether (sulfide) groups is 1. The van der Waals surface area contributed by atoms with E-state index >= 15 is 0 Å². The molecule has 26 heavy (non-hydrogen) atoms. The number of rotatable bonds is 8. The van der Waals surface area contributed by atoms with Crippen LogP contribution in [-0.4, -0.2) is 31.5 Å². The molecule has 136 valence electrons. The molecule has 0 aliphatic carbocycles. The third kappa shape index (κ3) is 4.39. The van der Waals surface area contributed by atoms with Crippen LogP contribution in [0, 0.1) is 0 Å².